The second-order valence-corrected chi connectivity index (χ2v) is 9.50. The van der Waals surface area contributed by atoms with Crippen LogP contribution in [0.4, 0.5) is 0 Å². The Morgan fingerprint density at radius 2 is 1.37 bits per heavy atom. The number of ether oxygens (including phenoxy) is 8. The molecule has 0 amide bonds. The van der Waals surface area contributed by atoms with Crippen molar-refractivity contribution in [3.05, 3.63) is 0 Å². The Bertz CT molecular complexity index is 1090. The molecule has 0 aromatic heterocycles. The Balaban J connectivity index is 2.06. The zero-order valence-electron chi connectivity index (χ0n) is 22.6. The van der Waals surface area contributed by atoms with Crippen LogP contribution in [0.1, 0.15) is 27.7 Å². The lowest BCUT2D eigenvalue weighted by Gasteiger charge is -2.46. The Morgan fingerprint density at radius 3 is 1.88 bits per heavy atom. The molecule has 2 bridgehead atoms. The molecule has 0 aromatic carbocycles. The SMILES string of the molecule is COC(=O)C1C2OC(=O)C1C(C(=O)O)C(OC1OC(COC(C)=O)C(OC(C)=O)C(OC(C)=O)C1OC(C)=O)C2O. The van der Waals surface area contributed by atoms with Crippen LogP contribution in [0.5, 0.6) is 0 Å². The summed E-state index contributed by atoms with van der Waals surface area (Å²) in [6.07, 6.45) is -13.5. The minimum atomic E-state index is -1.94. The predicted octanol–water partition coefficient (Wildman–Crippen LogP) is -2.14. The molecular formula is C24H30O17. The number of aliphatic hydroxyl groups excluding tert-OH is 1. The van der Waals surface area contributed by atoms with Gasteiger partial charge in [-0.05, 0) is 0 Å². The first-order valence-electron chi connectivity index (χ1n) is 12.3. The van der Waals surface area contributed by atoms with Crippen molar-refractivity contribution < 1.29 is 81.7 Å². The van der Waals surface area contributed by atoms with Crippen LogP contribution in [0.2, 0.25) is 0 Å². The minimum absolute atomic E-state index is 0.593. The van der Waals surface area contributed by atoms with Crippen LogP contribution >= 0.6 is 0 Å². The fraction of sp³-hybridized carbons (Fsp3) is 0.708. The normalized spacial score (nSPS) is 35.9. The summed E-state index contributed by atoms with van der Waals surface area (Å²) >= 11 is 0. The number of esters is 6. The van der Waals surface area contributed by atoms with Gasteiger partial charge in [0.05, 0.1) is 18.9 Å². The highest BCUT2D eigenvalue weighted by molar-refractivity contribution is 5.91. The van der Waals surface area contributed by atoms with Crippen LogP contribution < -0.4 is 0 Å². The maximum atomic E-state index is 12.6. The van der Waals surface area contributed by atoms with Crippen molar-refractivity contribution in [3.8, 4) is 0 Å². The maximum absolute atomic E-state index is 12.6. The number of aliphatic hydroxyl groups is 1. The monoisotopic (exact) mass is 590 g/mol. The van der Waals surface area contributed by atoms with Crippen LogP contribution in [0.15, 0.2) is 0 Å². The van der Waals surface area contributed by atoms with E-state index in [1.807, 2.05) is 0 Å². The number of carboxylic acids is 1. The molecule has 2 saturated heterocycles. The Labute approximate surface area is 232 Å². The van der Waals surface area contributed by atoms with Crippen molar-refractivity contribution >= 4 is 41.8 Å². The van der Waals surface area contributed by atoms with Crippen LogP contribution in [0.25, 0.3) is 0 Å². The van der Waals surface area contributed by atoms with Crippen molar-refractivity contribution in [2.75, 3.05) is 13.7 Å². The highest BCUT2D eigenvalue weighted by Crippen LogP contribution is 2.46. The summed E-state index contributed by atoms with van der Waals surface area (Å²) in [4.78, 5) is 84.8. The van der Waals surface area contributed by atoms with Crippen molar-refractivity contribution in [1.82, 2.24) is 0 Å². The molecule has 11 atom stereocenters. The summed E-state index contributed by atoms with van der Waals surface area (Å²) in [7, 11) is 1.01. The van der Waals surface area contributed by atoms with Crippen LogP contribution in [-0.2, 0) is 71.5 Å². The third-order valence-electron chi connectivity index (χ3n) is 6.68. The van der Waals surface area contributed by atoms with Crippen LogP contribution in [0, 0.1) is 17.8 Å². The smallest absolute Gasteiger partial charge is 0.313 e. The summed E-state index contributed by atoms with van der Waals surface area (Å²) in [5.74, 6) is -12.3. The molecule has 1 saturated carbocycles. The molecule has 3 aliphatic rings. The van der Waals surface area contributed by atoms with Gasteiger partial charge in [0.1, 0.15) is 36.9 Å². The molecule has 2 N–H and O–H groups in total. The van der Waals surface area contributed by atoms with Gasteiger partial charge < -0.3 is 48.1 Å². The summed E-state index contributed by atoms with van der Waals surface area (Å²) in [6.45, 7) is 3.49. The molecule has 0 spiro atoms. The van der Waals surface area contributed by atoms with Gasteiger partial charge in [-0.3, -0.25) is 33.6 Å². The van der Waals surface area contributed by atoms with Gasteiger partial charge >= 0.3 is 41.8 Å². The van der Waals surface area contributed by atoms with E-state index in [1.165, 1.54) is 0 Å². The van der Waals surface area contributed by atoms with Crippen molar-refractivity contribution in [1.29, 1.82) is 0 Å². The molecule has 0 radical (unpaired) electrons. The molecule has 11 unspecified atom stereocenters. The number of hydrogen-bond donors (Lipinski definition) is 2. The van der Waals surface area contributed by atoms with E-state index in [1.54, 1.807) is 0 Å². The predicted molar refractivity (Wildman–Crippen MR) is 123 cm³/mol. The highest BCUT2D eigenvalue weighted by atomic mass is 16.7. The molecule has 3 rings (SSSR count). The Kier molecular flexibility index (Phi) is 9.88. The average Bonchev–Trinajstić information content (AvgIpc) is 3.15. The van der Waals surface area contributed by atoms with Gasteiger partial charge in [-0.25, -0.2) is 0 Å². The average molecular weight is 590 g/mol. The van der Waals surface area contributed by atoms with Crippen LogP contribution in [0.3, 0.4) is 0 Å². The lowest BCUT2D eigenvalue weighted by atomic mass is 9.69. The van der Waals surface area contributed by atoms with Gasteiger partial charge in [-0.1, -0.05) is 0 Å². The molecule has 3 fully saturated rings. The largest absolute Gasteiger partial charge is 0.481 e. The zero-order chi connectivity index (χ0) is 30.8. The number of aliphatic carboxylic acids is 1. The Hall–Kier alpha value is -3.83. The van der Waals surface area contributed by atoms with Crippen molar-refractivity contribution in [2.24, 2.45) is 17.8 Å². The first-order chi connectivity index (χ1) is 19.2. The number of rotatable bonds is 9. The van der Waals surface area contributed by atoms with Crippen molar-refractivity contribution in [3.63, 3.8) is 0 Å². The Morgan fingerprint density at radius 1 is 0.805 bits per heavy atom. The van der Waals surface area contributed by atoms with Gasteiger partial charge in [0.2, 0.25) is 0 Å². The lowest BCUT2D eigenvalue weighted by Crippen LogP contribution is -2.65. The number of fused-ring (bicyclic) bond motifs is 2. The fourth-order valence-corrected chi connectivity index (χ4v) is 5.22. The van der Waals surface area contributed by atoms with E-state index in [4.69, 9.17) is 33.2 Å². The molecule has 2 heterocycles. The van der Waals surface area contributed by atoms with E-state index < -0.39 is 115 Å². The molecule has 17 nitrogen and oxygen atoms in total. The first-order valence-corrected chi connectivity index (χ1v) is 12.3. The van der Waals surface area contributed by atoms with E-state index in [0.717, 1.165) is 34.8 Å². The van der Waals surface area contributed by atoms with Crippen molar-refractivity contribution in [2.45, 2.75) is 76.7 Å². The first kappa shape index (κ1) is 31.7. The zero-order valence-corrected chi connectivity index (χ0v) is 22.6. The molecular weight excluding hydrogens is 560 g/mol. The van der Waals surface area contributed by atoms with Gasteiger partial charge in [0.25, 0.3) is 0 Å². The minimum Gasteiger partial charge on any atom is -0.481 e. The van der Waals surface area contributed by atoms with E-state index in [9.17, 15) is 43.8 Å². The molecule has 1 aliphatic carbocycles. The summed E-state index contributed by atoms with van der Waals surface area (Å²) < 4.78 is 42.2. The summed E-state index contributed by atoms with van der Waals surface area (Å²) in [5.41, 5.74) is 0. The van der Waals surface area contributed by atoms with Gasteiger partial charge in [0, 0.05) is 27.7 Å². The van der Waals surface area contributed by atoms with E-state index in [2.05, 4.69) is 4.74 Å². The molecule has 17 heteroatoms. The molecule has 2 aliphatic heterocycles. The molecule has 228 valence electrons. The number of methoxy groups -OCH3 is 1. The number of hydrogen-bond acceptors (Lipinski definition) is 16. The number of carbonyl (C=O) groups excluding carboxylic acids is 6. The molecule has 0 aromatic rings. The molecule has 41 heavy (non-hydrogen) atoms. The second-order valence-electron chi connectivity index (χ2n) is 9.50. The highest BCUT2D eigenvalue weighted by Gasteiger charge is 2.66. The van der Waals surface area contributed by atoms with E-state index in [0.29, 0.717) is 0 Å². The van der Waals surface area contributed by atoms with Gasteiger partial charge in [0.15, 0.2) is 24.6 Å². The topological polar surface area (TPSA) is 234 Å². The quantitative estimate of drug-likeness (QED) is 0.215. The second kappa shape index (κ2) is 12.8. The standard InChI is InChI=1S/C24H30O17/c1-7(25)35-6-11-16(36-8(2)26)19(37-9(3)27)20(38-10(4)28)24(39-11)41-17-13(21(30)31)12-14(22(32)34-5)18(15(17)29)40-23(12)33/h11-20,24,29H,6H2,1-5H3,(H,30,31). The third-order valence-corrected chi connectivity index (χ3v) is 6.68. The lowest BCUT2D eigenvalue weighted by molar-refractivity contribution is -0.330. The summed E-state index contributed by atoms with van der Waals surface area (Å²) in [5, 5.41) is 21.1. The van der Waals surface area contributed by atoms with E-state index in [-0.39, 0.29) is 0 Å². The van der Waals surface area contributed by atoms with Crippen LogP contribution in [-0.4, -0.2) is 115 Å². The third kappa shape index (κ3) is 6.74. The van der Waals surface area contributed by atoms with E-state index >= 15 is 0 Å². The number of carboxylic acid groups (broad SMARTS) is 1. The fourth-order valence-electron chi connectivity index (χ4n) is 5.22. The van der Waals surface area contributed by atoms with Gasteiger partial charge in [-0.2, -0.15) is 0 Å². The number of carbonyl (C=O) groups is 7. The van der Waals surface area contributed by atoms with Gasteiger partial charge in [-0.15, -0.1) is 0 Å². The summed E-state index contributed by atoms with van der Waals surface area (Å²) in [6, 6.07) is 0. The maximum Gasteiger partial charge on any atom is 0.313 e.